The smallest absolute Gasteiger partial charge is 0.247 e. The predicted molar refractivity (Wildman–Crippen MR) is 139 cm³/mol. The van der Waals surface area contributed by atoms with Crippen molar-refractivity contribution >= 4 is 23.4 Å². The number of rotatable bonds is 8. The summed E-state index contributed by atoms with van der Waals surface area (Å²) in [5.74, 6) is -0.313. The Morgan fingerprint density at radius 3 is 2.32 bits per heavy atom. The molecule has 6 heteroatoms. The third-order valence-corrected chi connectivity index (χ3v) is 6.82. The van der Waals surface area contributed by atoms with Crippen LogP contribution in [0.2, 0.25) is 5.02 Å². The molecule has 2 amide bonds. The molecule has 0 aromatic heterocycles. The van der Waals surface area contributed by atoms with E-state index in [2.05, 4.69) is 36.3 Å². The zero-order chi connectivity index (χ0) is 24.7. The van der Waals surface area contributed by atoms with Crippen molar-refractivity contribution in [3.63, 3.8) is 0 Å². The van der Waals surface area contributed by atoms with Crippen LogP contribution in [0, 0.1) is 18.3 Å². The molecule has 0 aliphatic carbocycles. The van der Waals surface area contributed by atoms with Crippen molar-refractivity contribution in [1.29, 1.82) is 0 Å². The molecule has 1 saturated heterocycles. The summed E-state index contributed by atoms with van der Waals surface area (Å²) < 4.78 is 0. The molecule has 0 spiro atoms. The Hall–Kier alpha value is -2.37. The van der Waals surface area contributed by atoms with Crippen molar-refractivity contribution in [1.82, 2.24) is 15.5 Å². The molecule has 1 fully saturated rings. The third kappa shape index (κ3) is 7.85. The number of hydrogen-bond acceptors (Lipinski definition) is 3. The second-order valence-corrected chi connectivity index (χ2v) is 11.0. The molecule has 184 valence electrons. The zero-order valence-electron chi connectivity index (χ0n) is 20.9. The lowest BCUT2D eigenvalue weighted by Crippen LogP contribution is -2.45. The number of carbonyl (C=O) groups excluding carboxylic acids is 2. The number of halogens is 1. The van der Waals surface area contributed by atoms with Gasteiger partial charge >= 0.3 is 0 Å². The molecule has 0 radical (unpaired) electrons. The Labute approximate surface area is 209 Å². The van der Waals surface area contributed by atoms with Gasteiger partial charge in [0.05, 0.1) is 0 Å². The summed E-state index contributed by atoms with van der Waals surface area (Å²) >= 11 is 5.96. The summed E-state index contributed by atoms with van der Waals surface area (Å²) in [6.45, 7) is 12.0. The topological polar surface area (TPSA) is 61.4 Å². The number of hydrogen-bond donors (Lipinski definition) is 2. The Kier molecular flexibility index (Phi) is 9.15. The number of aryl methyl sites for hydroxylation is 1. The van der Waals surface area contributed by atoms with Gasteiger partial charge in [0.15, 0.2) is 0 Å². The van der Waals surface area contributed by atoms with Crippen molar-refractivity contribution < 1.29 is 9.59 Å². The molecular formula is C28H38ClN3O2. The molecule has 0 saturated carbocycles. The Morgan fingerprint density at radius 1 is 1.06 bits per heavy atom. The first kappa shape index (κ1) is 26.2. The molecule has 1 unspecified atom stereocenters. The van der Waals surface area contributed by atoms with Gasteiger partial charge in [0, 0.05) is 17.5 Å². The quantitative estimate of drug-likeness (QED) is 0.537. The van der Waals surface area contributed by atoms with E-state index in [1.807, 2.05) is 43.3 Å². The number of benzene rings is 2. The normalized spacial score (nSPS) is 16.1. The van der Waals surface area contributed by atoms with Crippen LogP contribution in [-0.2, 0) is 16.1 Å². The summed E-state index contributed by atoms with van der Waals surface area (Å²) in [6.07, 6.45) is 2.79. The minimum atomic E-state index is -0.722. The van der Waals surface area contributed by atoms with Gasteiger partial charge < -0.3 is 15.5 Å². The molecule has 1 atom stereocenters. The Morgan fingerprint density at radius 2 is 1.71 bits per heavy atom. The first-order valence-corrected chi connectivity index (χ1v) is 12.6. The van der Waals surface area contributed by atoms with Gasteiger partial charge in [-0.2, -0.15) is 0 Å². The van der Waals surface area contributed by atoms with Crippen molar-refractivity contribution in [3.8, 4) is 0 Å². The molecule has 1 aliphatic rings. The number of piperidine rings is 1. The monoisotopic (exact) mass is 483 g/mol. The van der Waals surface area contributed by atoms with Crippen LogP contribution in [0.5, 0.6) is 0 Å². The summed E-state index contributed by atoms with van der Waals surface area (Å²) in [6, 6.07) is 14.4. The summed E-state index contributed by atoms with van der Waals surface area (Å²) in [5.41, 5.74) is 3.07. The first-order valence-electron chi connectivity index (χ1n) is 12.2. The number of amides is 2. The van der Waals surface area contributed by atoms with Crippen molar-refractivity contribution in [3.05, 3.63) is 70.2 Å². The molecule has 2 N–H and O–H groups in total. The van der Waals surface area contributed by atoms with E-state index in [4.69, 9.17) is 11.6 Å². The summed E-state index contributed by atoms with van der Waals surface area (Å²) in [5, 5.41) is 6.71. The lowest BCUT2D eigenvalue weighted by molar-refractivity contribution is -0.132. The van der Waals surface area contributed by atoms with E-state index in [9.17, 15) is 9.59 Å². The Balaban J connectivity index is 1.62. The van der Waals surface area contributed by atoms with Crippen molar-refractivity contribution in [2.45, 2.75) is 59.5 Å². The van der Waals surface area contributed by atoms with E-state index in [1.165, 1.54) is 0 Å². The van der Waals surface area contributed by atoms with Gasteiger partial charge in [-0.05, 0) is 80.1 Å². The van der Waals surface area contributed by atoms with Crippen LogP contribution >= 0.6 is 11.6 Å². The van der Waals surface area contributed by atoms with Crippen molar-refractivity contribution in [2.24, 2.45) is 11.3 Å². The van der Waals surface area contributed by atoms with Crippen LogP contribution in [-0.4, -0.2) is 36.3 Å². The fourth-order valence-corrected chi connectivity index (χ4v) is 4.39. The van der Waals surface area contributed by atoms with Gasteiger partial charge in [-0.3, -0.25) is 9.59 Å². The first-order chi connectivity index (χ1) is 16.1. The van der Waals surface area contributed by atoms with E-state index in [0.717, 1.165) is 55.6 Å². The molecule has 2 aromatic rings. The number of nitrogens with zero attached hydrogens (tertiary/aromatic N) is 1. The van der Waals surface area contributed by atoms with Crippen molar-refractivity contribution in [2.75, 3.05) is 19.6 Å². The standard InChI is InChI=1S/C28H38ClN3O2/c1-20-7-5-6-8-24(20)25(27(34)30-19-21-9-11-23(29)12-10-21)31-26(33)22-13-16-32(17-14-22)18-15-28(2,3)4/h5-12,22,25H,13-19H2,1-4H3,(H,30,34)(H,31,33). The molecule has 2 aromatic carbocycles. The molecule has 1 heterocycles. The molecule has 3 rings (SSSR count). The maximum absolute atomic E-state index is 13.2. The van der Waals surface area contributed by atoms with Crippen LogP contribution in [0.15, 0.2) is 48.5 Å². The molecule has 5 nitrogen and oxygen atoms in total. The molecule has 34 heavy (non-hydrogen) atoms. The van der Waals surface area contributed by atoms with E-state index >= 15 is 0 Å². The van der Waals surface area contributed by atoms with Gasteiger partial charge in [0.25, 0.3) is 0 Å². The lowest BCUT2D eigenvalue weighted by atomic mass is 9.90. The molecule has 0 bridgehead atoms. The second kappa shape index (κ2) is 11.9. The maximum atomic E-state index is 13.2. The molecular weight excluding hydrogens is 446 g/mol. The van der Waals surface area contributed by atoms with E-state index in [1.54, 1.807) is 12.1 Å². The fraction of sp³-hybridized carbons (Fsp3) is 0.500. The van der Waals surface area contributed by atoms with Crippen LogP contribution in [0.1, 0.15) is 62.8 Å². The zero-order valence-corrected chi connectivity index (χ0v) is 21.6. The van der Waals surface area contributed by atoms with Gasteiger partial charge in [-0.25, -0.2) is 0 Å². The summed E-state index contributed by atoms with van der Waals surface area (Å²) in [4.78, 5) is 28.9. The summed E-state index contributed by atoms with van der Waals surface area (Å²) in [7, 11) is 0. The highest BCUT2D eigenvalue weighted by molar-refractivity contribution is 6.30. The van der Waals surface area contributed by atoms with Crippen LogP contribution in [0.25, 0.3) is 0 Å². The average molecular weight is 484 g/mol. The fourth-order valence-electron chi connectivity index (χ4n) is 4.26. The largest absolute Gasteiger partial charge is 0.350 e. The SMILES string of the molecule is Cc1ccccc1C(NC(=O)C1CCN(CCC(C)(C)C)CC1)C(=O)NCc1ccc(Cl)cc1. The van der Waals surface area contributed by atoms with Gasteiger partial charge in [-0.1, -0.05) is 68.8 Å². The minimum absolute atomic E-state index is 0.0367. The highest BCUT2D eigenvalue weighted by Crippen LogP contribution is 2.24. The lowest BCUT2D eigenvalue weighted by Gasteiger charge is -2.33. The number of nitrogens with one attached hydrogen (secondary N) is 2. The number of likely N-dealkylation sites (tertiary alicyclic amines) is 1. The highest BCUT2D eigenvalue weighted by Gasteiger charge is 2.30. The Bertz CT molecular complexity index is 960. The van der Waals surface area contributed by atoms with E-state index in [-0.39, 0.29) is 17.7 Å². The minimum Gasteiger partial charge on any atom is -0.350 e. The van der Waals surface area contributed by atoms with Crippen LogP contribution in [0.4, 0.5) is 0 Å². The highest BCUT2D eigenvalue weighted by atomic mass is 35.5. The van der Waals surface area contributed by atoms with E-state index in [0.29, 0.717) is 17.0 Å². The second-order valence-electron chi connectivity index (χ2n) is 10.6. The van der Waals surface area contributed by atoms with Crippen LogP contribution < -0.4 is 10.6 Å². The van der Waals surface area contributed by atoms with E-state index < -0.39 is 6.04 Å². The third-order valence-electron chi connectivity index (χ3n) is 6.56. The van der Waals surface area contributed by atoms with Gasteiger partial charge in [-0.15, -0.1) is 0 Å². The van der Waals surface area contributed by atoms with Gasteiger partial charge in [0.1, 0.15) is 6.04 Å². The predicted octanol–water partition coefficient (Wildman–Crippen LogP) is 5.27. The number of carbonyl (C=O) groups is 2. The average Bonchev–Trinajstić information content (AvgIpc) is 2.81. The van der Waals surface area contributed by atoms with Gasteiger partial charge in [0.2, 0.25) is 11.8 Å². The molecule has 1 aliphatic heterocycles. The van der Waals surface area contributed by atoms with Crippen LogP contribution in [0.3, 0.4) is 0 Å². The maximum Gasteiger partial charge on any atom is 0.247 e.